The number of aliphatic carboxylic acids is 2. The van der Waals surface area contributed by atoms with Gasteiger partial charge in [-0.3, -0.25) is 15.1 Å². The van der Waals surface area contributed by atoms with Crippen molar-refractivity contribution >= 4 is 47.0 Å². The fourth-order valence-electron chi connectivity index (χ4n) is 3.13. The first-order valence-corrected chi connectivity index (χ1v) is 12.8. The second-order valence-corrected chi connectivity index (χ2v) is 9.33. The zero-order chi connectivity index (χ0) is 33.5. The average molecular weight is 672 g/mol. The van der Waals surface area contributed by atoms with Crippen molar-refractivity contribution in [2.24, 2.45) is 10.7 Å². The number of carboxylic acid groups (broad SMARTS) is 2. The molecule has 3 aromatic rings. The number of halogens is 8. The highest BCUT2D eigenvalue weighted by molar-refractivity contribution is 6.30. The summed E-state index contributed by atoms with van der Waals surface area (Å²) in [5.74, 6) is -5.76. The molecule has 18 heteroatoms. The highest BCUT2D eigenvalue weighted by Gasteiger charge is 2.38. The Balaban J connectivity index is 0.000000574. The number of aliphatic imine (C=N–C) groups is 1. The lowest BCUT2D eigenvalue weighted by Crippen LogP contribution is -2.37. The first-order valence-electron chi connectivity index (χ1n) is 12.1. The Labute approximate surface area is 255 Å². The van der Waals surface area contributed by atoms with Crippen LogP contribution >= 0.6 is 23.2 Å². The molecule has 0 aliphatic heterocycles. The fraction of sp³-hybridized carbons (Fsp3) is 0.269. The quantitative estimate of drug-likeness (QED) is 0.0902. The van der Waals surface area contributed by atoms with E-state index in [1.165, 1.54) is 0 Å². The molecule has 0 spiro atoms. The number of amides is 1. The van der Waals surface area contributed by atoms with Crippen molar-refractivity contribution in [1.29, 1.82) is 0 Å². The number of hydrogen-bond donors (Lipinski definition) is 5. The number of H-pyrrole nitrogens is 1. The maximum atomic E-state index is 12.6. The summed E-state index contributed by atoms with van der Waals surface area (Å²) >= 11 is 12.0. The van der Waals surface area contributed by atoms with Crippen LogP contribution < -0.4 is 11.1 Å². The lowest BCUT2D eigenvalue weighted by molar-refractivity contribution is -0.193. The number of rotatable bonds is 8. The Bertz CT molecular complexity index is 1300. The number of benzene rings is 2. The molecule has 0 aliphatic rings. The second-order valence-electron chi connectivity index (χ2n) is 8.46. The molecule has 6 N–H and O–H groups in total. The van der Waals surface area contributed by atoms with Gasteiger partial charge in [0.25, 0.3) is 0 Å². The van der Waals surface area contributed by atoms with Gasteiger partial charge in [-0.15, -0.1) is 0 Å². The van der Waals surface area contributed by atoms with Gasteiger partial charge < -0.3 is 20.9 Å². The van der Waals surface area contributed by atoms with Crippen molar-refractivity contribution in [1.82, 2.24) is 15.3 Å². The predicted molar refractivity (Wildman–Crippen MR) is 148 cm³/mol. The van der Waals surface area contributed by atoms with E-state index in [2.05, 4.69) is 20.3 Å². The SMILES string of the molecule is NC(=NCCCc1cnc[nH]1)NC(=O)CC(c1ccc(Cl)cc1)c1ccc(Cl)cc1.O=C(O)C(F)(F)F.O=C(O)C(F)(F)F. The lowest BCUT2D eigenvalue weighted by atomic mass is 9.88. The van der Waals surface area contributed by atoms with Crippen LogP contribution in [0, 0.1) is 0 Å². The van der Waals surface area contributed by atoms with Gasteiger partial charge in [0, 0.05) is 40.8 Å². The van der Waals surface area contributed by atoms with Gasteiger partial charge in [-0.2, -0.15) is 26.3 Å². The molecule has 1 aromatic heterocycles. The average Bonchev–Trinajstić information content (AvgIpc) is 3.44. The highest BCUT2D eigenvalue weighted by Crippen LogP contribution is 2.30. The van der Waals surface area contributed by atoms with E-state index in [1.54, 1.807) is 12.5 Å². The van der Waals surface area contributed by atoms with Gasteiger partial charge in [0.1, 0.15) is 0 Å². The molecule has 0 fully saturated rings. The van der Waals surface area contributed by atoms with Crippen LogP contribution in [0.15, 0.2) is 66.0 Å². The molecule has 0 radical (unpaired) electrons. The number of hydrogen-bond acceptors (Lipinski definition) is 5. The van der Waals surface area contributed by atoms with Crippen LogP contribution in [0.2, 0.25) is 10.0 Å². The molecule has 0 bridgehead atoms. The number of alkyl halides is 6. The number of aryl methyl sites for hydroxylation is 1. The molecule has 44 heavy (non-hydrogen) atoms. The van der Waals surface area contributed by atoms with E-state index in [0.29, 0.717) is 16.6 Å². The first kappa shape index (κ1) is 37.7. The number of carbonyl (C=O) groups is 3. The number of carbonyl (C=O) groups excluding carboxylic acids is 1. The van der Waals surface area contributed by atoms with Crippen molar-refractivity contribution in [2.45, 2.75) is 37.5 Å². The summed E-state index contributed by atoms with van der Waals surface area (Å²) in [4.78, 5) is 41.7. The van der Waals surface area contributed by atoms with E-state index in [-0.39, 0.29) is 24.2 Å². The minimum absolute atomic E-state index is 0.121. The van der Waals surface area contributed by atoms with Crippen molar-refractivity contribution in [3.63, 3.8) is 0 Å². The zero-order valence-electron chi connectivity index (χ0n) is 22.3. The molecule has 1 heterocycles. The molecule has 1 amide bonds. The zero-order valence-corrected chi connectivity index (χ0v) is 23.8. The van der Waals surface area contributed by atoms with Crippen molar-refractivity contribution in [3.8, 4) is 0 Å². The topological polar surface area (TPSA) is 171 Å². The summed E-state index contributed by atoms with van der Waals surface area (Å²) in [6, 6.07) is 14.9. The van der Waals surface area contributed by atoms with Crippen LogP contribution in [0.5, 0.6) is 0 Å². The molecule has 0 saturated carbocycles. The second kappa shape index (κ2) is 17.7. The smallest absolute Gasteiger partial charge is 0.475 e. The molecule has 0 aliphatic carbocycles. The number of carboxylic acids is 2. The van der Waals surface area contributed by atoms with Gasteiger partial charge in [0.15, 0.2) is 5.96 Å². The first-order chi connectivity index (χ1) is 20.4. The van der Waals surface area contributed by atoms with Crippen molar-refractivity contribution in [2.75, 3.05) is 6.54 Å². The summed E-state index contributed by atoms with van der Waals surface area (Å²) in [6.45, 7) is 0.517. The number of aromatic nitrogens is 2. The summed E-state index contributed by atoms with van der Waals surface area (Å²) in [7, 11) is 0. The van der Waals surface area contributed by atoms with E-state index in [4.69, 9.17) is 48.7 Å². The number of aromatic amines is 1. The van der Waals surface area contributed by atoms with Crippen LogP contribution in [0.1, 0.15) is 35.6 Å². The van der Waals surface area contributed by atoms with Crippen LogP contribution in [0.25, 0.3) is 0 Å². The number of guanidine groups is 1. The monoisotopic (exact) mass is 671 g/mol. The molecule has 3 rings (SSSR count). The van der Waals surface area contributed by atoms with Crippen LogP contribution in [0.4, 0.5) is 26.3 Å². The lowest BCUT2D eigenvalue weighted by Gasteiger charge is -2.18. The molecule has 240 valence electrons. The number of nitrogens with zero attached hydrogens (tertiary/aromatic N) is 2. The molecule has 0 atom stereocenters. The number of nitrogens with two attached hydrogens (primary N) is 1. The number of nitrogens with one attached hydrogen (secondary N) is 2. The molecule has 2 aromatic carbocycles. The molecule has 10 nitrogen and oxygen atoms in total. The third-order valence-corrected chi connectivity index (χ3v) is 5.63. The maximum absolute atomic E-state index is 12.6. The molecule has 0 unspecified atom stereocenters. The maximum Gasteiger partial charge on any atom is 0.490 e. The van der Waals surface area contributed by atoms with Gasteiger partial charge in [-0.1, -0.05) is 47.5 Å². The van der Waals surface area contributed by atoms with Crippen molar-refractivity contribution in [3.05, 3.63) is 87.9 Å². The Kier molecular flexibility index (Phi) is 15.2. The van der Waals surface area contributed by atoms with Gasteiger partial charge in [0.05, 0.1) is 6.33 Å². The summed E-state index contributed by atoms with van der Waals surface area (Å²) in [5.41, 5.74) is 8.89. The molecular formula is C26H25Cl2F6N5O5. The Morgan fingerprint density at radius 1 is 0.886 bits per heavy atom. The van der Waals surface area contributed by atoms with E-state index in [1.807, 2.05) is 48.5 Å². The minimum atomic E-state index is -5.08. The highest BCUT2D eigenvalue weighted by atomic mass is 35.5. The normalized spacial score (nSPS) is 11.5. The molecular weight excluding hydrogens is 647 g/mol. The summed E-state index contributed by atoms with van der Waals surface area (Å²) in [5, 5.41) is 18.2. The Morgan fingerprint density at radius 3 is 1.68 bits per heavy atom. The van der Waals surface area contributed by atoms with Crippen LogP contribution in [-0.2, 0) is 20.8 Å². The Morgan fingerprint density at radius 2 is 1.32 bits per heavy atom. The third-order valence-electron chi connectivity index (χ3n) is 5.13. The largest absolute Gasteiger partial charge is 0.490 e. The fourth-order valence-corrected chi connectivity index (χ4v) is 3.38. The number of imidazole rings is 1. The van der Waals surface area contributed by atoms with E-state index >= 15 is 0 Å². The standard InChI is InChI=1S/C22H23Cl2N5O.2C2HF3O2/c23-17-7-3-15(4-8-17)20(16-5-9-18(24)10-6-16)12-21(30)29-22(25)27-11-1-2-19-13-26-14-28-19;2*3-2(4,5)1(6)7/h3-10,13-14,20H,1-2,11-12H2,(H,26,28)(H3,25,27,29,30);2*(H,6,7). The third kappa shape index (κ3) is 15.2. The molecule has 0 saturated heterocycles. The predicted octanol–water partition coefficient (Wildman–Crippen LogP) is 5.57. The summed E-state index contributed by atoms with van der Waals surface area (Å²) in [6.07, 6.45) is -4.90. The van der Waals surface area contributed by atoms with Gasteiger partial charge in [0.2, 0.25) is 5.91 Å². The van der Waals surface area contributed by atoms with Gasteiger partial charge in [-0.05, 0) is 48.2 Å². The summed E-state index contributed by atoms with van der Waals surface area (Å²) < 4.78 is 63.5. The van der Waals surface area contributed by atoms with E-state index in [0.717, 1.165) is 29.7 Å². The van der Waals surface area contributed by atoms with Crippen LogP contribution in [0.3, 0.4) is 0 Å². The van der Waals surface area contributed by atoms with E-state index in [9.17, 15) is 31.1 Å². The Hall–Kier alpha value is -4.31. The van der Waals surface area contributed by atoms with Gasteiger partial charge >= 0.3 is 24.3 Å². The van der Waals surface area contributed by atoms with E-state index < -0.39 is 24.3 Å². The van der Waals surface area contributed by atoms with Crippen molar-refractivity contribution < 1.29 is 50.9 Å². The van der Waals surface area contributed by atoms with Gasteiger partial charge in [-0.25, -0.2) is 14.6 Å². The minimum Gasteiger partial charge on any atom is -0.475 e. The van der Waals surface area contributed by atoms with Crippen LogP contribution in [-0.4, -0.2) is 62.9 Å².